The van der Waals surface area contributed by atoms with Crippen molar-refractivity contribution in [2.24, 2.45) is 16.6 Å². The summed E-state index contributed by atoms with van der Waals surface area (Å²) in [5, 5.41) is 7.07. The highest BCUT2D eigenvalue weighted by Crippen LogP contribution is 2.14. The second-order valence-electron chi connectivity index (χ2n) is 5.28. The van der Waals surface area contributed by atoms with Crippen LogP contribution in [-0.4, -0.2) is 24.2 Å². The van der Waals surface area contributed by atoms with E-state index >= 15 is 0 Å². The minimum absolute atomic E-state index is 0. The van der Waals surface area contributed by atoms with Crippen molar-refractivity contribution >= 4 is 29.9 Å². The van der Waals surface area contributed by atoms with Gasteiger partial charge in [0.25, 0.3) is 0 Å². The largest absolute Gasteiger partial charge is 0.370 e. The Hall–Kier alpha value is -0.790. The lowest BCUT2D eigenvalue weighted by molar-refractivity contribution is 0.392. The summed E-state index contributed by atoms with van der Waals surface area (Å²) in [4.78, 5) is 4.31. The van der Waals surface area contributed by atoms with E-state index in [0.717, 1.165) is 43.8 Å². The third-order valence-corrected chi connectivity index (χ3v) is 3.08. The van der Waals surface area contributed by atoms with Crippen molar-refractivity contribution in [2.45, 2.75) is 47.0 Å². The smallest absolute Gasteiger partial charge is 0.188 e. The predicted octanol–water partition coefficient (Wildman–Crippen LogP) is 2.79. The third kappa shape index (κ3) is 7.12. The van der Waals surface area contributed by atoms with Crippen molar-refractivity contribution in [1.29, 1.82) is 0 Å². The Balaban J connectivity index is 0.00000361. The molecule has 0 spiro atoms. The first kappa shape index (κ1) is 19.2. The molecule has 0 atom stereocenters. The molecule has 0 amide bonds. The number of hydrogen-bond acceptors (Lipinski definition) is 3. The van der Waals surface area contributed by atoms with Gasteiger partial charge in [-0.15, -0.1) is 24.0 Å². The van der Waals surface area contributed by atoms with E-state index in [2.05, 4.69) is 29.3 Å². The summed E-state index contributed by atoms with van der Waals surface area (Å²) in [6, 6.07) is 0. The normalized spacial score (nSPS) is 11.6. The number of aliphatic imine (C=N–C) groups is 1. The standard InChI is InChI=1S/C14H26N4O.HI/c1-10(2)7-9-17-14(15)16-8-5-6-13-11(3)18-19-12(13)4;/h10H,5-9H2,1-4H3,(H3,15,16,17);1H. The summed E-state index contributed by atoms with van der Waals surface area (Å²) >= 11 is 0. The van der Waals surface area contributed by atoms with Crippen molar-refractivity contribution in [1.82, 2.24) is 10.5 Å². The molecule has 6 heteroatoms. The van der Waals surface area contributed by atoms with E-state index in [1.54, 1.807) is 0 Å². The molecule has 5 nitrogen and oxygen atoms in total. The molecule has 0 unspecified atom stereocenters. The number of aryl methyl sites for hydroxylation is 2. The molecule has 116 valence electrons. The molecule has 0 saturated heterocycles. The van der Waals surface area contributed by atoms with Gasteiger partial charge in [-0.2, -0.15) is 0 Å². The van der Waals surface area contributed by atoms with Gasteiger partial charge >= 0.3 is 0 Å². The Bertz CT molecular complexity index is 396. The zero-order valence-electron chi connectivity index (χ0n) is 12.9. The number of nitrogens with zero attached hydrogens (tertiary/aromatic N) is 2. The lowest BCUT2D eigenvalue weighted by Crippen LogP contribution is -2.33. The van der Waals surface area contributed by atoms with Gasteiger partial charge in [0.15, 0.2) is 5.96 Å². The molecular weight excluding hydrogens is 367 g/mol. The van der Waals surface area contributed by atoms with Crippen LogP contribution in [0, 0.1) is 19.8 Å². The second-order valence-corrected chi connectivity index (χ2v) is 5.28. The van der Waals surface area contributed by atoms with Gasteiger partial charge in [0, 0.05) is 18.7 Å². The van der Waals surface area contributed by atoms with E-state index in [0.29, 0.717) is 11.9 Å². The van der Waals surface area contributed by atoms with E-state index in [4.69, 9.17) is 10.3 Å². The van der Waals surface area contributed by atoms with Gasteiger partial charge in [-0.1, -0.05) is 19.0 Å². The minimum Gasteiger partial charge on any atom is -0.370 e. The highest BCUT2D eigenvalue weighted by atomic mass is 127. The van der Waals surface area contributed by atoms with Gasteiger partial charge in [-0.25, -0.2) is 0 Å². The van der Waals surface area contributed by atoms with Crippen molar-refractivity contribution in [3.8, 4) is 0 Å². The zero-order valence-corrected chi connectivity index (χ0v) is 15.2. The van der Waals surface area contributed by atoms with Crippen LogP contribution in [-0.2, 0) is 6.42 Å². The Morgan fingerprint density at radius 1 is 1.40 bits per heavy atom. The summed E-state index contributed by atoms with van der Waals surface area (Å²) < 4.78 is 5.13. The Kier molecular flexibility index (Phi) is 9.62. The van der Waals surface area contributed by atoms with Crippen LogP contribution in [0.25, 0.3) is 0 Å². The third-order valence-electron chi connectivity index (χ3n) is 3.08. The van der Waals surface area contributed by atoms with E-state index in [-0.39, 0.29) is 24.0 Å². The lowest BCUT2D eigenvalue weighted by atomic mass is 10.1. The number of halogens is 1. The molecular formula is C14H27IN4O. The Morgan fingerprint density at radius 2 is 2.10 bits per heavy atom. The van der Waals surface area contributed by atoms with Gasteiger partial charge in [-0.05, 0) is 39.0 Å². The van der Waals surface area contributed by atoms with Crippen LogP contribution in [0.15, 0.2) is 9.52 Å². The van der Waals surface area contributed by atoms with Crippen molar-refractivity contribution in [3.05, 3.63) is 17.0 Å². The van der Waals surface area contributed by atoms with Crippen molar-refractivity contribution in [2.75, 3.05) is 13.1 Å². The van der Waals surface area contributed by atoms with Crippen LogP contribution in [0.5, 0.6) is 0 Å². The fourth-order valence-electron chi connectivity index (χ4n) is 1.86. The monoisotopic (exact) mass is 394 g/mol. The predicted molar refractivity (Wildman–Crippen MR) is 93.7 cm³/mol. The molecule has 0 aliphatic rings. The van der Waals surface area contributed by atoms with E-state index in [1.165, 1.54) is 5.56 Å². The van der Waals surface area contributed by atoms with Gasteiger partial charge < -0.3 is 15.6 Å². The molecule has 0 fully saturated rings. The molecule has 3 N–H and O–H groups in total. The molecule has 0 aliphatic heterocycles. The van der Waals surface area contributed by atoms with Gasteiger partial charge in [0.2, 0.25) is 0 Å². The molecule has 1 rings (SSSR count). The molecule has 0 aromatic carbocycles. The van der Waals surface area contributed by atoms with Gasteiger partial charge in [-0.3, -0.25) is 4.99 Å². The van der Waals surface area contributed by atoms with E-state index in [1.807, 2.05) is 13.8 Å². The average molecular weight is 394 g/mol. The zero-order chi connectivity index (χ0) is 14.3. The summed E-state index contributed by atoms with van der Waals surface area (Å²) in [5.74, 6) is 2.13. The number of rotatable bonds is 7. The molecule has 20 heavy (non-hydrogen) atoms. The van der Waals surface area contributed by atoms with Gasteiger partial charge in [0.1, 0.15) is 5.76 Å². The molecule has 1 aromatic rings. The molecule has 0 saturated carbocycles. The van der Waals surface area contributed by atoms with Crippen LogP contribution in [0.4, 0.5) is 0 Å². The molecule has 1 heterocycles. The SMILES string of the molecule is Cc1noc(C)c1CCCN=C(N)NCCC(C)C.I. The van der Waals surface area contributed by atoms with Crippen molar-refractivity contribution < 1.29 is 4.52 Å². The summed E-state index contributed by atoms with van der Waals surface area (Å²) in [5.41, 5.74) is 7.96. The summed E-state index contributed by atoms with van der Waals surface area (Å²) in [6.45, 7) is 9.91. The fourth-order valence-corrected chi connectivity index (χ4v) is 1.86. The first-order valence-corrected chi connectivity index (χ1v) is 6.96. The van der Waals surface area contributed by atoms with Crippen LogP contribution in [0.1, 0.15) is 43.7 Å². The quantitative estimate of drug-likeness (QED) is 0.323. The van der Waals surface area contributed by atoms with E-state index in [9.17, 15) is 0 Å². The molecule has 0 aliphatic carbocycles. The highest BCUT2D eigenvalue weighted by molar-refractivity contribution is 14.0. The first-order chi connectivity index (χ1) is 9.00. The molecule has 1 aromatic heterocycles. The summed E-state index contributed by atoms with van der Waals surface area (Å²) in [6.07, 6.45) is 2.99. The molecule has 0 bridgehead atoms. The molecule has 0 radical (unpaired) electrons. The topological polar surface area (TPSA) is 76.4 Å². The number of aromatic nitrogens is 1. The lowest BCUT2D eigenvalue weighted by Gasteiger charge is -2.07. The van der Waals surface area contributed by atoms with Crippen LogP contribution in [0.2, 0.25) is 0 Å². The number of hydrogen-bond donors (Lipinski definition) is 2. The average Bonchev–Trinajstić information content (AvgIpc) is 2.65. The van der Waals surface area contributed by atoms with Crippen molar-refractivity contribution in [3.63, 3.8) is 0 Å². The second kappa shape index (κ2) is 10.0. The Labute approximate surface area is 138 Å². The first-order valence-electron chi connectivity index (χ1n) is 6.96. The maximum absolute atomic E-state index is 5.79. The Morgan fingerprint density at radius 3 is 2.65 bits per heavy atom. The number of nitrogens with two attached hydrogens (primary N) is 1. The van der Waals surface area contributed by atoms with E-state index < -0.39 is 0 Å². The maximum atomic E-state index is 5.79. The number of guanidine groups is 1. The van der Waals surface area contributed by atoms with Crippen LogP contribution < -0.4 is 11.1 Å². The number of nitrogens with one attached hydrogen (secondary N) is 1. The maximum Gasteiger partial charge on any atom is 0.188 e. The minimum atomic E-state index is 0. The summed E-state index contributed by atoms with van der Waals surface area (Å²) in [7, 11) is 0. The van der Waals surface area contributed by atoms with Crippen LogP contribution in [0.3, 0.4) is 0 Å². The fraction of sp³-hybridized carbons (Fsp3) is 0.714. The van der Waals surface area contributed by atoms with Gasteiger partial charge in [0.05, 0.1) is 5.69 Å². The highest BCUT2D eigenvalue weighted by Gasteiger charge is 2.07. The van der Waals surface area contributed by atoms with Crippen LogP contribution >= 0.6 is 24.0 Å².